The number of fused-ring (bicyclic) bond motifs is 1. The molecule has 0 saturated carbocycles. The first-order chi connectivity index (χ1) is 9.70. The van der Waals surface area contributed by atoms with Crippen LogP contribution in [0.1, 0.15) is 43.9 Å². The van der Waals surface area contributed by atoms with Crippen LogP contribution in [-0.2, 0) is 16.1 Å². The molecular weight excluding hydrogens is 252 g/mol. The number of benzene rings is 1. The highest BCUT2D eigenvalue weighted by Gasteiger charge is 2.19. The molecule has 20 heavy (non-hydrogen) atoms. The minimum absolute atomic E-state index is 0.108. The Morgan fingerprint density at radius 2 is 2.25 bits per heavy atom. The molecule has 0 radical (unpaired) electrons. The minimum Gasteiger partial charge on any atom is -0.375 e. The van der Waals surface area contributed by atoms with E-state index in [2.05, 4.69) is 35.8 Å². The molecule has 4 heteroatoms. The minimum atomic E-state index is 0.108. The van der Waals surface area contributed by atoms with Crippen molar-refractivity contribution in [2.75, 3.05) is 13.2 Å². The number of amides is 1. The van der Waals surface area contributed by atoms with Crippen LogP contribution < -0.4 is 10.6 Å². The first-order valence-corrected chi connectivity index (χ1v) is 7.39. The lowest BCUT2D eigenvalue weighted by molar-refractivity contribution is -0.121. The highest BCUT2D eigenvalue weighted by atomic mass is 16.5. The van der Waals surface area contributed by atoms with Gasteiger partial charge in [-0.25, -0.2) is 0 Å². The maximum atomic E-state index is 11.7. The van der Waals surface area contributed by atoms with Crippen LogP contribution >= 0.6 is 0 Å². The van der Waals surface area contributed by atoms with Gasteiger partial charge in [0.25, 0.3) is 0 Å². The van der Waals surface area contributed by atoms with Gasteiger partial charge in [0, 0.05) is 19.0 Å². The Hall–Kier alpha value is -1.39. The topological polar surface area (TPSA) is 50.4 Å². The van der Waals surface area contributed by atoms with Gasteiger partial charge in [0.1, 0.15) is 0 Å². The highest BCUT2D eigenvalue weighted by molar-refractivity contribution is 5.76. The summed E-state index contributed by atoms with van der Waals surface area (Å²) in [6.07, 6.45) is 1.46. The summed E-state index contributed by atoms with van der Waals surface area (Å²) in [6.45, 7) is 6.12. The molecule has 1 aromatic carbocycles. The molecule has 4 nitrogen and oxygen atoms in total. The van der Waals surface area contributed by atoms with Crippen LogP contribution in [0, 0.1) is 0 Å². The van der Waals surface area contributed by atoms with Gasteiger partial charge in [0.2, 0.25) is 5.91 Å². The summed E-state index contributed by atoms with van der Waals surface area (Å²) in [7, 11) is 0. The van der Waals surface area contributed by atoms with Crippen LogP contribution in [0.3, 0.4) is 0 Å². The molecule has 2 atom stereocenters. The monoisotopic (exact) mass is 276 g/mol. The van der Waals surface area contributed by atoms with Crippen molar-refractivity contribution >= 4 is 5.91 Å². The summed E-state index contributed by atoms with van der Waals surface area (Å²) < 4.78 is 5.58. The summed E-state index contributed by atoms with van der Waals surface area (Å²) in [5.74, 6) is 0.108. The van der Waals surface area contributed by atoms with E-state index in [1.807, 2.05) is 13.0 Å². The van der Waals surface area contributed by atoms with Crippen molar-refractivity contribution in [3.8, 4) is 0 Å². The van der Waals surface area contributed by atoms with Crippen molar-refractivity contribution in [1.82, 2.24) is 10.6 Å². The van der Waals surface area contributed by atoms with Gasteiger partial charge in [-0.05, 0) is 24.5 Å². The second kappa shape index (κ2) is 7.41. The van der Waals surface area contributed by atoms with E-state index in [0.717, 1.165) is 6.42 Å². The molecule has 0 spiro atoms. The fourth-order valence-electron chi connectivity index (χ4n) is 2.36. The predicted molar refractivity (Wildman–Crippen MR) is 79.4 cm³/mol. The van der Waals surface area contributed by atoms with E-state index in [1.54, 1.807) is 0 Å². The normalized spacial score (nSPS) is 19.2. The fourth-order valence-corrected chi connectivity index (χ4v) is 2.36. The number of rotatable bonds is 6. The van der Waals surface area contributed by atoms with E-state index >= 15 is 0 Å². The van der Waals surface area contributed by atoms with Crippen molar-refractivity contribution in [3.63, 3.8) is 0 Å². The summed E-state index contributed by atoms with van der Waals surface area (Å²) in [6, 6.07) is 8.75. The third-order valence-corrected chi connectivity index (χ3v) is 3.74. The van der Waals surface area contributed by atoms with E-state index < -0.39 is 0 Å². The third-order valence-electron chi connectivity index (χ3n) is 3.74. The molecule has 2 N–H and O–H groups in total. The number of carbonyl (C=O) groups is 1. The Kier molecular flexibility index (Phi) is 5.56. The first kappa shape index (κ1) is 15.0. The summed E-state index contributed by atoms with van der Waals surface area (Å²) in [5.41, 5.74) is 2.53. The molecule has 110 valence electrons. The SMILES string of the molecule is CCC(C)NC(=O)CCNC1COCc2ccccc21. The number of nitrogens with one attached hydrogen (secondary N) is 2. The summed E-state index contributed by atoms with van der Waals surface area (Å²) in [5, 5.41) is 6.39. The van der Waals surface area contributed by atoms with E-state index in [0.29, 0.717) is 26.2 Å². The van der Waals surface area contributed by atoms with Crippen LogP contribution in [-0.4, -0.2) is 25.1 Å². The molecule has 1 aliphatic rings. The quantitative estimate of drug-likeness (QED) is 0.837. The van der Waals surface area contributed by atoms with Crippen LogP contribution in [0.5, 0.6) is 0 Å². The second-order valence-electron chi connectivity index (χ2n) is 5.35. The lowest BCUT2D eigenvalue weighted by atomic mass is 9.99. The van der Waals surface area contributed by atoms with E-state index in [9.17, 15) is 4.79 Å². The lowest BCUT2D eigenvalue weighted by Gasteiger charge is -2.26. The third kappa shape index (κ3) is 4.05. The molecule has 2 rings (SSSR count). The number of hydrogen-bond acceptors (Lipinski definition) is 3. The number of hydrogen-bond donors (Lipinski definition) is 2. The van der Waals surface area contributed by atoms with E-state index in [-0.39, 0.29) is 18.0 Å². The molecule has 1 amide bonds. The Bertz CT molecular complexity index is 448. The molecular formula is C16H24N2O2. The molecule has 1 aromatic rings. The first-order valence-electron chi connectivity index (χ1n) is 7.39. The molecule has 0 aliphatic carbocycles. The van der Waals surface area contributed by atoms with Gasteiger partial charge in [-0.2, -0.15) is 0 Å². The molecule has 1 aliphatic heterocycles. The zero-order valence-electron chi connectivity index (χ0n) is 12.3. The summed E-state index contributed by atoms with van der Waals surface area (Å²) >= 11 is 0. The predicted octanol–water partition coefficient (Wildman–Crippen LogP) is 2.15. The number of carbonyl (C=O) groups excluding carboxylic acids is 1. The molecule has 1 heterocycles. The van der Waals surface area contributed by atoms with Crippen molar-refractivity contribution in [2.24, 2.45) is 0 Å². The van der Waals surface area contributed by atoms with Gasteiger partial charge in [0.05, 0.1) is 19.3 Å². The molecule has 0 saturated heterocycles. The van der Waals surface area contributed by atoms with Crippen molar-refractivity contribution in [3.05, 3.63) is 35.4 Å². The average molecular weight is 276 g/mol. The van der Waals surface area contributed by atoms with Crippen LogP contribution in [0.4, 0.5) is 0 Å². The van der Waals surface area contributed by atoms with Crippen LogP contribution in [0.15, 0.2) is 24.3 Å². The zero-order valence-corrected chi connectivity index (χ0v) is 12.3. The second-order valence-corrected chi connectivity index (χ2v) is 5.35. The zero-order chi connectivity index (χ0) is 14.4. The average Bonchev–Trinajstić information content (AvgIpc) is 2.47. The van der Waals surface area contributed by atoms with Crippen molar-refractivity contribution in [1.29, 1.82) is 0 Å². The summed E-state index contributed by atoms with van der Waals surface area (Å²) in [4.78, 5) is 11.7. The van der Waals surface area contributed by atoms with Gasteiger partial charge >= 0.3 is 0 Å². The van der Waals surface area contributed by atoms with Gasteiger partial charge in [0.15, 0.2) is 0 Å². The number of ether oxygens (including phenoxy) is 1. The largest absolute Gasteiger partial charge is 0.375 e. The van der Waals surface area contributed by atoms with Gasteiger partial charge in [-0.15, -0.1) is 0 Å². The Morgan fingerprint density at radius 1 is 1.45 bits per heavy atom. The standard InChI is InChI=1S/C16H24N2O2/c1-3-12(2)18-16(19)8-9-17-15-11-20-10-13-6-4-5-7-14(13)15/h4-7,12,15,17H,3,8-11H2,1-2H3,(H,18,19). The molecule has 0 fully saturated rings. The maximum absolute atomic E-state index is 11.7. The molecule has 0 aromatic heterocycles. The van der Waals surface area contributed by atoms with Crippen LogP contribution in [0.25, 0.3) is 0 Å². The highest BCUT2D eigenvalue weighted by Crippen LogP contribution is 2.24. The van der Waals surface area contributed by atoms with Crippen LogP contribution in [0.2, 0.25) is 0 Å². The van der Waals surface area contributed by atoms with Crippen molar-refractivity contribution in [2.45, 2.75) is 45.4 Å². The van der Waals surface area contributed by atoms with Crippen molar-refractivity contribution < 1.29 is 9.53 Å². The Labute approximate surface area is 120 Å². The lowest BCUT2D eigenvalue weighted by Crippen LogP contribution is -2.36. The smallest absolute Gasteiger partial charge is 0.221 e. The maximum Gasteiger partial charge on any atom is 0.221 e. The van der Waals surface area contributed by atoms with Gasteiger partial charge in [-0.1, -0.05) is 31.2 Å². The Balaban J connectivity index is 1.79. The molecule has 0 bridgehead atoms. The Morgan fingerprint density at radius 3 is 3.05 bits per heavy atom. The van der Waals surface area contributed by atoms with Gasteiger partial charge < -0.3 is 15.4 Å². The molecule has 2 unspecified atom stereocenters. The van der Waals surface area contributed by atoms with E-state index in [1.165, 1.54) is 11.1 Å². The van der Waals surface area contributed by atoms with Gasteiger partial charge in [-0.3, -0.25) is 4.79 Å². The fraction of sp³-hybridized carbons (Fsp3) is 0.562. The van der Waals surface area contributed by atoms with E-state index in [4.69, 9.17) is 4.74 Å².